The van der Waals surface area contributed by atoms with Crippen molar-refractivity contribution < 1.29 is 19.1 Å². The number of fused-ring (bicyclic) bond motifs is 1. The van der Waals surface area contributed by atoms with Gasteiger partial charge in [0.2, 0.25) is 0 Å². The van der Waals surface area contributed by atoms with E-state index in [0.717, 1.165) is 0 Å². The maximum atomic E-state index is 12.3. The quantitative estimate of drug-likeness (QED) is 0.764. The van der Waals surface area contributed by atoms with Gasteiger partial charge in [-0.25, -0.2) is 14.3 Å². The van der Waals surface area contributed by atoms with Crippen LogP contribution in [0.1, 0.15) is 23.0 Å². The first-order chi connectivity index (χ1) is 11.1. The van der Waals surface area contributed by atoms with Gasteiger partial charge in [-0.15, -0.1) is 0 Å². The zero-order chi connectivity index (χ0) is 16.4. The number of aromatic nitrogens is 3. The van der Waals surface area contributed by atoms with Crippen LogP contribution in [-0.2, 0) is 14.3 Å². The molecule has 0 spiro atoms. The van der Waals surface area contributed by atoms with Gasteiger partial charge >= 0.3 is 5.97 Å². The van der Waals surface area contributed by atoms with Gasteiger partial charge in [-0.05, 0) is 19.9 Å². The van der Waals surface area contributed by atoms with Crippen molar-refractivity contribution in [3.05, 3.63) is 29.7 Å². The molecule has 3 rings (SSSR count). The Hall–Kier alpha value is -2.48. The molecule has 3 heterocycles. The van der Waals surface area contributed by atoms with E-state index in [1.807, 2.05) is 6.92 Å². The monoisotopic (exact) mass is 318 g/mol. The number of aryl methyl sites for hydroxylation is 1. The Morgan fingerprint density at radius 1 is 1.48 bits per heavy atom. The number of carbonyl (C=O) groups is 2. The molecule has 0 saturated carbocycles. The molecular weight excluding hydrogens is 300 g/mol. The Bertz CT molecular complexity index is 742. The van der Waals surface area contributed by atoms with E-state index in [2.05, 4.69) is 10.1 Å². The van der Waals surface area contributed by atoms with Crippen LogP contribution in [0.5, 0.6) is 0 Å². The van der Waals surface area contributed by atoms with Gasteiger partial charge in [-0.3, -0.25) is 4.79 Å². The number of carbonyl (C=O) groups excluding carboxylic acids is 2. The molecule has 2 aromatic heterocycles. The van der Waals surface area contributed by atoms with Gasteiger partial charge in [0.15, 0.2) is 12.3 Å². The Balaban J connectivity index is 1.67. The molecule has 0 aliphatic carbocycles. The summed E-state index contributed by atoms with van der Waals surface area (Å²) < 4.78 is 12.1. The molecule has 0 radical (unpaired) electrons. The van der Waals surface area contributed by atoms with E-state index in [1.54, 1.807) is 30.3 Å². The molecule has 23 heavy (non-hydrogen) atoms. The maximum absolute atomic E-state index is 12.3. The van der Waals surface area contributed by atoms with Crippen LogP contribution >= 0.6 is 0 Å². The fourth-order valence-electron chi connectivity index (χ4n) is 2.57. The minimum Gasteiger partial charge on any atom is -0.452 e. The molecule has 0 N–H and O–H groups in total. The van der Waals surface area contributed by atoms with Gasteiger partial charge in [0.05, 0.1) is 18.4 Å². The van der Waals surface area contributed by atoms with Crippen LogP contribution in [0.3, 0.4) is 0 Å². The summed E-state index contributed by atoms with van der Waals surface area (Å²) in [7, 11) is 0. The first-order valence-electron chi connectivity index (χ1n) is 7.42. The van der Waals surface area contributed by atoms with Crippen molar-refractivity contribution >= 4 is 17.5 Å². The number of ether oxygens (including phenoxy) is 2. The fraction of sp³-hybridized carbons (Fsp3) is 0.467. The van der Waals surface area contributed by atoms with E-state index < -0.39 is 5.97 Å². The van der Waals surface area contributed by atoms with Crippen molar-refractivity contribution in [2.45, 2.75) is 20.0 Å². The minimum absolute atomic E-state index is 0.00513. The summed E-state index contributed by atoms with van der Waals surface area (Å²) in [5, 5.41) is 4.20. The standard InChI is InChI=1S/C15H18N4O4/c1-10-8-18(6-7-22-10)12(20)9-23-15(21)13-11(2)17-19-5-3-4-16-14(13)19/h3-5,10H,6-9H2,1-2H3. The number of nitrogens with zero attached hydrogens (tertiary/aromatic N) is 4. The van der Waals surface area contributed by atoms with Crippen molar-refractivity contribution in [3.63, 3.8) is 0 Å². The summed E-state index contributed by atoms with van der Waals surface area (Å²) in [6, 6.07) is 1.72. The van der Waals surface area contributed by atoms with Crippen molar-refractivity contribution in [2.24, 2.45) is 0 Å². The van der Waals surface area contributed by atoms with E-state index in [0.29, 0.717) is 31.0 Å². The average molecular weight is 318 g/mol. The molecule has 1 aliphatic rings. The van der Waals surface area contributed by atoms with Gasteiger partial charge in [-0.1, -0.05) is 0 Å². The van der Waals surface area contributed by atoms with Crippen LogP contribution in [-0.4, -0.2) is 63.8 Å². The van der Waals surface area contributed by atoms with E-state index in [1.165, 1.54) is 4.52 Å². The van der Waals surface area contributed by atoms with E-state index in [9.17, 15) is 9.59 Å². The number of rotatable bonds is 3. The zero-order valence-corrected chi connectivity index (χ0v) is 13.1. The van der Waals surface area contributed by atoms with Crippen LogP contribution < -0.4 is 0 Å². The summed E-state index contributed by atoms with van der Waals surface area (Å²) in [6.07, 6.45) is 3.27. The zero-order valence-electron chi connectivity index (χ0n) is 13.1. The van der Waals surface area contributed by atoms with Gasteiger partial charge in [0.25, 0.3) is 5.91 Å². The van der Waals surface area contributed by atoms with Crippen LogP contribution in [0.25, 0.3) is 5.65 Å². The smallest absolute Gasteiger partial charge is 0.344 e. The van der Waals surface area contributed by atoms with Gasteiger partial charge in [-0.2, -0.15) is 5.10 Å². The SMILES string of the molecule is Cc1nn2cccnc2c1C(=O)OCC(=O)N1CCOC(C)C1. The van der Waals surface area contributed by atoms with Crippen molar-refractivity contribution in [1.82, 2.24) is 19.5 Å². The molecule has 2 aromatic rings. The van der Waals surface area contributed by atoms with E-state index >= 15 is 0 Å². The molecule has 1 saturated heterocycles. The van der Waals surface area contributed by atoms with E-state index in [4.69, 9.17) is 9.47 Å². The first-order valence-corrected chi connectivity index (χ1v) is 7.42. The number of esters is 1. The fourth-order valence-corrected chi connectivity index (χ4v) is 2.57. The molecule has 8 nitrogen and oxygen atoms in total. The summed E-state index contributed by atoms with van der Waals surface area (Å²) in [5.74, 6) is -0.818. The lowest BCUT2D eigenvalue weighted by atomic mass is 10.2. The molecule has 1 aliphatic heterocycles. The highest BCUT2D eigenvalue weighted by Gasteiger charge is 2.24. The van der Waals surface area contributed by atoms with Crippen molar-refractivity contribution in [2.75, 3.05) is 26.3 Å². The first kappa shape index (κ1) is 15.4. The second kappa shape index (κ2) is 6.33. The highest BCUT2D eigenvalue weighted by molar-refractivity contribution is 5.98. The van der Waals surface area contributed by atoms with Gasteiger partial charge in [0.1, 0.15) is 5.56 Å². The Labute approximate surface area is 133 Å². The third-order valence-corrected chi connectivity index (χ3v) is 3.69. The third-order valence-electron chi connectivity index (χ3n) is 3.69. The lowest BCUT2D eigenvalue weighted by Gasteiger charge is -2.30. The highest BCUT2D eigenvalue weighted by Crippen LogP contribution is 2.14. The molecule has 1 amide bonds. The molecular formula is C15H18N4O4. The summed E-state index contributed by atoms with van der Waals surface area (Å²) in [5.41, 5.74) is 1.22. The van der Waals surface area contributed by atoms with Crippen molar-refractivity contribution in [1.29, 1.82) is 0 Å². The summed E-state index contributed by atoms with van der Waals surface area (Å²) in [6.45, 7) is 4.83. The van der Waals surface area contributed by atoms with Crippen LogP contribution in [0, 0.1) is 6.92 Å². The molecule has 1 fully saturated rings. The summed E-state index contributed by atoms with van der Waals surface area (Å²) in [4.78, 5) is 30.2. The normalized spacial score (nSPS) is 18.2. The third kappa shape index (κ3) is 3.16. The number of hydrogen-bond donors (Lipinski definition) is 0. The molecule has 1 atom stereocenters. The Morgan fingerprint density at radius 2 is 2.30 bits per heavy atom. The van der Waals surface area contributed by atoms with E-state index in [-0.39, 0.29) is 24.2 Å². The number of hydrogen-bond acceptors (Lipinski definition) is 6. The number of amides is 1. The van der Waals surface area contributed by atoms with Gasteiger partial charge in [0, 0.05) is 25.5 Å². The molecule has 0 aromatic carbocycles. The summed E-state index contributed by atoms with van der Waals surface area (Å²) >= 11 is 0. The Morgan fingerprint density at radius 3 is 3.09 bits per heavy atom. The highest BCUT2D eigenvalue weighted by atomic mass is 16.5. The minimum atomic E-state index is -0.592. The second-order valence-electron chi connectivity index (χ2n) is 5.45. The molecule has 8 heteroatoms. The van der Waals surface area contributed by atoms with Crippen LogP contribution in [0.4, 0.5) is 0 Å². The van der Waals surface area contributed by atoms with Crippen molar-refractivity contribution in [3.8, 4) is 0 Å². The topological polar surface area (TPSA) is 86.0 Å². The largest absolute Gasteiger partial charge is 0.452 e. The number of morpholine rings is 1. The molecule has 1 unspecified atom stereocenters. The maximum Gasteiger partial charge on any atom is 0.344 e. The Kier molecular flexibility index (Phi) is 4.24. The lowest BCUT2D eigenvalue weighted by Crippen LogP contribution is -2.46. The second-order valence-corrected chi connectivity index (χ2v) is 5.45. The van der Waals surface area contributed by atoms with Crippen LogP contribution in [0.2, 0.25) is 0 Å². The predicted molar refractivity (Wildman–Crippen MR) is 80.0 cm³/mol. The molecule has 0 bridgehead atoms. The molecule has 122 valence electrons. The van der Waals surface area contributed by atoms with Gasteiger partial charge < -0.3 is 14.4 Å². The predicted octanol–water partition coefficient (Wildman–Crippen LogP) is 0.442. The van der Waals surface area contributed by atoms with Crippen LogP contribution in [0.15, 0.2) is 18.5 Å². The average Bonchev–Trinajstić information content (AvgIpc) is 2.88. The lowest BCUT2D eigenvalue weighted by molar-refractivity contribution is -0.141.